The molecule has 0 radical (unpaired) electrons. The fourth-order valence-corrected chi connectivity index (χ4v) is 11.3. The summed E-state index contributed by atoms with van der Waals surface area (Å²) in [5.41, 5.74) is 19.7. The largest absolute Gasteiger partial charge is 0.307 e. The first-order valence-electron chi connectivity index (χ1n) is 21.4. The van der Waals surface area contributed by atoms with Crippen molar-refractivity contribution in [1.29, 1.82) is 0 Å². The number of hydrogen-bond acceptors (Lipinski definition) is 2. The highest BCUT2D eigenvalue weighted by atomic mass is 15.1. The molecule has 1 aliphatic carbocycles. The number of aliphatic imine (C=N–C) groups is 1. The van der Waals surface area contributed by atoms with Crippen LogP contribution in [0.15, 0.2) is 199 Å². The van der Waals surface area contributed by atoms with Crippen molar-refractivity contribution in [2.45, 2.75) is 5.92 Å². The smallest absolute Gasteiger partial charge is 0.146 e. The van der Waals surface area contributed by atoms with E-state index < -0.39 is 0 Å². The molecule has 0 bridgehead atoms. The summed E-state index contributed by atoms with van der Waals surface area (Å²) in [7, 11) is 0. The van der Waals surface area contributed by atoms with E-state index in [0.29, 0.717) is 0 Å². The van der Waals surface area contributed by atoms with Crippen LogP contribution in [0.1, 0.15) is 22.6 Å². The van der Waals surface area contributed by atoms with Crippen molar-refractivity contribution in [3.05, 3.63) is 211 Å². The summed E-state index contributed by atoms with van der Waals surface area (Å²) in [5.74, 6) is 0.0987. The third-order valence-corrected chi connectivity index (χ3v) is 13.8. The second kappa shape index (κ2) is 11.7. The lowest BCUT2D eigenvalue weighted by Crippen LogP contribution is -2.18. The van der Waals surface area contributed by atoms with Gasteiger partial charge < -0.3 is 9.13 Å². The quantitative estimate of drug-likeness (QED) is 0.161. The highest BCUT2D eigenvalue weighted by Gasteiger charge is 2.36. The fourth-order valence-electron chi connectivity index (χ4n) is 11.3. The zero-order chi connectivity index (χ0) is 40.2. The summed E-state index contributed by atoms with van der Waals surface area (Å²) in [4.78, 5) is 10.4. The van der Waals surface area contributed by atoms with Gasteiger partial charge in [0.2, 0.25) is 0 Å². The molecule has 0 saturated carbocycles. The maximum atomic E-state index is 5.23. The maximum Gasteiger partial charge on any atom is 0.146 e. The standard InChI is InChI=1S/C57H33N5/c1-3-17-41-36(14-1)46-31-33(26-28-40(46)53-45-19-5-8-20-47(45)58-54(41)53)60-49-22-10-6-15-37(49)42-29-30-43-38-16-7-11-23-50(38)61(56(43)55(42)60)34-25-27-39-35-13-2-4-18-44(35)57-59-48-21-9-12-24-51(48)62(57)52(39)32-34/h1-32,53H. The first kappa shape index (κ1) is 32.6. The van der Waals surface area contributed by atoms with Crippen LogP contribution in [0.25, 0.3) is 104 Å². The molecule has 0 N–H and O–H groups in total. The van der Waals surface area contributed by atoms with E-state index in [1.165, 1.54) is 82.2 Å². The van der Waals surface area contributed by atoms with Gasteiger partial charge in [0, 0.05) is 49.3 Å². The van der Waals surface area contributed by atoms with E-state index in [0.717, 1.165) is 50.4 Å². The van der Waals surface area contributed by atoms with Gasteiger partial charge in [0.25, 0.3) is 0 Å². The lowest BCUT2D eigenvalue weighted by Gasteiger charge is -2.27. The molecule has 2 aliphatic rings. The van der Waals surface area contributed by atoms with Gasteiger partial charge in [0.05, 0.1) is 55.9 Å². The van der Waals surface area contributed by atoms with Gasteiger partial charge in [-0.05, 0) is 82.2 Å². The Morgan fingerprint density at radius 2 is 0.935 bits per heavy atom. The van der Waals surface area contributed by atoms with Crippen molar-refractivity contribution in [2.75, 3.05) is 0 Å². The summed E-state index contributed by atoms with van der Waals surface area (Å²) >= 11 is 0. The molecule has 0 saturated heterocycles. The number of nitrogens with zero attached hydrogens (tertiary/aromatic N) is 5. The third-order valence-electron chi connectivity index (χ3n) is 13.8. The Labute approximate surface area is 354 Å². The molecule has 5 heterocycles. The number of hydrogen-bond donors (Lipinski definition) is 0. The van der Waals surface area contributed by atoms with Gasteiger partial charge in [-0.15, -0.1) is 0 Å². The molecule has 0 spiro atoms. The number of aromatic nitrogens is 4. The number of imidazole rings is 1. The van der Waals surface area contributed by atoms with Crippen LogP contribution in [0.3, 0.4) is 0 Å². The Balaban J connectivity index is 1.06. The first-order valence-corrected chi connectivity index (χ1v) is 21.4. The zero-order valence-electron chi connectivity index (χ0n) is 33.3. The number of rotatable bonds is 2. The molecular weight excluding hydrogens is 755 g/mol. The molecule has 13 aromatic rings. The topological polar surface area (TPSA) is 39.5 Å². The van der Waals surface area contributed by atoms with E-state index in [1.807, 2.05) is 0 Å². The molecule has 0 fully saturated rings. The number of pyridine rings is 1. The predicted molar refractivity (Wildman–Crippen MR) is 256 cm³/mol. The molecule has 5 heteroatoms. The Morgan fingerprint density at radius 1 is 0.371 bits per heavy atom. The summed E-state index contributed by atoms with van der Waals surface area (Å²) in [6.45, 7) is 0. The zero-order valence-corrected chi connectivity index (χ0v) is 33.3. The minimum atomic E-state index is 0.0987. The predicted octanol–water partition coefficient (Wildman–Crippen LogP) is 14.2. The molecule has 286 valence electrons. The van der Waals surface area contributed by atoms with E-state index in [-0.39, 0.29) is 5.92 Å². The maximum absolute atomic E-state index is 5.23. The molecular formula is C57H33N5. The molecule has 4 aromatic heterocycles. The van der Waals surface area contributed by atoms with Crippen molar-refractivity contribution in [3.63, 3.8) is 0 Å². The van der Waals surface area contributed by atoms with Crippen LogP contribution in [0.2, 0.25) is 0 Å². The van der Waals surface area contributed by atoms with Crippen molar-refractivity contribution in [3.8, 4) is 22.5 Å². The van der Waals surface area contributed by atoms with Crippen LogP contribution in [0.4, 0.5) is 5.69 Å². The van der Waals surface area contributed by atoms with Crippen LogP contribution in [0.5, 0.6) is 0 Å². The van der Waals surface area contributed by atoms with Crippen LogP contribution in [-0.2, 0) is 0 Å². The average molecular weight is 788 g/mol. The SMILES string of the molecule is c1ccc2c(c1)N=C1c3ccccc3-c3cc(-n4c5ccccc5c5ccc6c7ccccc7n(-c7ccc8c9ccccc9c9nc%10ccccc%10n9c8c7)c6c54)ccc3C12. The van der Waals surface area contributed by atoms with Crippen molar-refractivity contribution in [1.82, 2.24) is 18.5 Å². The van der Waals surface area contributed by atoms with Gasteiger partial charge in [0.1, 0.15) is 5.65 Å². The summed E-state index contributed by atoms with van der Waals surface area (Å²) in [6, 6.07) is 71.3. The fraction of sp³-hybridized carbons (Fsp3) is 0.0175. The lowest BCUT2D eigenvalue weighted by atomic mass is 9.75. The molecule has 5 nitrogen and oxygen atoms in total. The summed E-state index contributed by atoms with van der Waals surface area (Å²) in [6.07, 6.45) is 0. The van der Waals surface area contributed by atoms with E-state index in [4.69, 9.17) is 9.98 Å². The molecule has 0 amide bonds. The number of para-hydroxylation sites is 5. The molecule has 1 unspecified atom stereocenters. The van der Waals surface area contributed by atoms with Gasteiger partial charge in [0.15, 0.2) is 0 Å². The number of fused-ring (bicyclic) bond motifs is 23. The van der Waals surface area contributed by atoms with E-state index in [2.05, 4.69) is 208 Å². The lowest BCUT2D eigenvalue weighted by molar-refractivity contribution is 1.09. The van der Waals surface area contributed by atoms with Gasteiger partial charge in [-0.1, -0.05) is 140 Å². The highest BCUT2D eigenvalue weighted by Crippen LogP contribution is 2.51. The second-order valence-electron chi connectivity index (χ2n) is 16.9. The van der Waals surface area contributed by atoms with Crippen molar-refractivity contribution < 1.29 is 0 Å². The van der Waals surface area contributed by atoms with Gasteiger partial charge in [-0.25, -0.2) is 4.98 Å². The first-order chi connectivity index (χ1) is 30.8. The minimum absolute atomic E-state index is 0.0987. The normalized spacial score (nSPS) is 14.4. The average Bonchev–Trinajstić information content (AvgIpc) is 4.10. The Hall–Kier alpha value is -8.28. The molecule has 9 aromatic carbocycles. The molecule has 1 aliphatic heterocycles. The van der Waals surface area contributed by atoms with Crippen LogP contribution in [-0.4, -0.2) is 24.2 Å². The third kappa shape index (κ3) is 4.07. The molecule has 1 atom stereocenters. The van der Waals surface area contributed by atoms with E-state index in [1.54, 1.807) is 0 Å². The van der Waals surface area contributed by atoms with Crippen LogP contribution in [0, 0.1) is 0 Å². The molecule has 15 rings (SSSR count). The highest BCUT2D eigenvalue weighted by molar-refractivity contribution is 6.24. The van der Waals surface area contributed by atoms with Gasteiger partial charge in [-0.2, -0.15) is 0 Å². The molecule has 62 heavy (non-hydrogen) atoms. The van der Waals surface area contributed by atoms with E-state index >= 15 is 0 Å². The monoisotopic (exact) mass is 787 g/mol. The van der Waals surface area contributed by atoms with Gasteiger partial charge in [-0.3, -0.25) is 9.39 Å². The Morgan fingerprint density at radius 3 is 1.71 bits per heavy atom. The Bertz CT molecular complexity index is 4180. The van der Waals surface area contributed by atoms with Gasteiger partial charge >= 0.3 is 0 Å². The van der Waals surface area contributed by atoms with Crippen molar-refractivity contribution >= 4 is 93.4 Å². The van der Waals surface area contributed by atoms with E-state index in [9.17, 15) is 0 Å². The summed E-state index contributed by atoms with van der Waals surface area (Å²) < 4.78 is 7.39. The second-order valence-corrected chi connectivity index (χ2v) is 16.9. The van der Waals surface area contributed by atoms with Crippen molar-refractivity contribution in [2.24, 2.45) is 4.99 Å². The van der Waals surface area contributed by atoms with Crippen LogP contribution < -0.4 is 0 Å². The number of benzene rings is 9. The van der Waals surface area contributed by atoms with Crippen LogP contribution >= 0.6 is 0 Å². The minimum Gasteiger partial charge on any atom is -0.307 e. The Kier molecular flexibility index (Phi) is 6.15. The summed E-state index contributed by atoms with van der Waals surface area (Å²) in [5, 5.41) is 8.46.